The first-order chi connectivity index (χ1) is 7.08. The Morgan fingerprint density at radius 3 is 2.87 bits per heavy atom. The number of thiol groups is 1. The van der Waals surface area contributed by atoms with Gasteiger partial charge in [-0.3, -0.25) is 0 Å². The maximum Gasteiger partial charge on any atom is 0.0463 e. The van der Waals surface area contributed by atoms with Gasteiger partial charge in [-0.2, -0.15) is 12.6 Å². The van der Waals surface area contributed by atoms with Crippen molar-refractivity contribution in [2.45, 2.75) is 37.9 Å². The standard InChI is InChI=1S/C14H18S/c1-10-7-8-13(2)9-11-5-3-4-6-12(11)14(10,13)15/h3-6,10,15H,7-9H2,1-2H3. The molecule has 1 aromatic carbocycles. The average Bonchev–Trinajstić information content (AvgIpc) is 2.58. The Labute approximate surface area is 97.5 Å². The quantitative estimate of drug-likeness (QED) is 0.629. The first-order valence-electron chi connectivity index (χ1n) is 5.89. The molecule has 1 fully saturated rings. The molecule has 0 bridgehead atoms. The molecule has 0 spiro atoms. The van der Waals surface area contributed by atoms with Crippen molar-refractivity contribution in [2.75, 3.05) is 0 Å². The van der Waals surface area contributed by atoms with Gasteiger partial charge >= 0.3 is 0 Å². The number of benzene rings is 1. The summed E-state index contributed by atoms with van der Waals surface area (Å²) in [6, 6.07) is 8.89. The fourth-order valence-electron chi connectivity index (χ4n) is 3.81. The molecule has 0 nitrogen and oxygen atoms in total. The van der Waals surface area contributed by atoms with Crippen LogP contribution in [0.3, 0.4) is 0 Å². The van der Waals surface area contributed by atoms with E-state index in [1.807, 2.05) is 0 Å². The highest BCUT2D eigenvalue weighted by molar-refractivity contribution is 7.81. The van der Waals surface area contributed by atoms with Crippen LogP contribution in [0.1, 0.15) is 37.8 Å². The first kappa shape index (κ1) is 9.77. The molecule has 3 unspecified atom stereocenters. The van der Waals surface area contributed by atoms with E-state index in [0.29, 0.717) is 11.3 Å². The van der Waals surface area contributed by atoms with Gasteiger partial charge in [0.1, 0.15) is 0 Å². The van der Waals surface area contributed by atoms with Crippen molar-refractivity contribution in [2.24, 2.45) is 11.3 Å². The van der Waals surface area contributed by atoms with Crippen molar-refractivity contribution in [3.05, 3.63) is 35.4 Å². The summed E-state index contributed by atoms with van der Waals surface area (Å²) >= 11 is 5.10. The summed E-state index contributed by atoms with van der Waals surface area (Å²) in [6.07, 6.45) is 3.87. The van der Waals surface area contributed by atoms with Gasteiger partial charge < -0.3 is 0 Å². The molecule has 3 rings (SSSR count). The molecule has 1 aromatic rings. The topological polar surface area (TPSA) is 0 Å². The van der Waals surface area contributed by atoms with E-state index in [4.69, 9.17) is 12.6 Å². The van der Waals surface area contributed by atoms with Gasteiger partial charge in [-0.05, 0) is 41.7 Å². The first-order valence-corrected chi connectivity index (χ1v) is 6.33. The van der Waals surface area contributed by atoms with Crippen molar-refractivity contribution < 1.29 is 0 Å². The molecule has 0 heterocycles. The van der Waals surface area contributed by atoms with E-state index < -0.39 is 0 Å². The van der Waals surface area contributed by atoms with Crippen molar-refractivity contribution in [1.82, 2.24) is 0 Å². The molecule has 1 heteroatoms. The van der Waals surface area contributed by atoms with Crippen LogP contribution in [-0.2, 0) is 11.2 Å². The molecule has 3 atom stereocenters. The molecule has 0 radical (unpaired) electrons. The maximum absolute atomic E-state index is 5.10. The average molecular weight is 218 g/mol. The predicted octanol–water partition coefficient (Wildman–Crippen LogP) is 3.80. The molecule has 0 amide bonds. The molecule has 0 aliphatic heterocycles. The smallest absolute Gasteiger partial charge is 0.0463 e. The van der Waals surface area contributed by atoms with Gasteiger partial charge in [-0.25, -0.2) is 0 Å². The molecule has 2 aliphatic rings. The van der Waals surface area contributed by atoms with Crippen LogP contribution in [0.25, 0.3) is 0 Å². The summed E-state index contributed by atoms with van der Waals surface area (Å²) < 4.78 is 0.129. The SMILES string of the molecule is CC1CCC2(C)Cc3ccccc3C12S. The second kappa shape index (κ2) is 2.82. The van der Waals surface area contributed by atoms with Crippen LogP contribution >= 0.6 is 12.6 Å². The number of hydrogen-bond acceptors (Lipinski definition) is 1. The Morgan fingerprint density at radius 1 is 1.33 bits per heavy atom. The fourth-order valence-corrected chi connectivity index (χ4v) is 4.35. The second-order valence-corrected chi connectivity index (χ2v) is 6.31. The van der Waals surface area contributed by atoms with Crippen molar-refractivity contribution in [3.8, 4) is 0 Å². The van der Waals surface area contributed by atoms with Gasteiger partial charge in [0.15, 0.2) is 0 Å². The van der Waals surface area contributed by atoms with E-state index in [-0.39, 0.29) is 4.75 Å². The summed E-state index contributed by atoms with van der Waals surface area (Å²) in [5.41, 5.74) is 3.42. The zero-order valence-corrected chi connectivity index (χ0v) is 10.3. The Kier molecular flexibility index (Phi) is 1.84. The highest BCUT2D eigenvalue weighted by atomic mass is 32.1. The molecule has 2 aliphatic carbocycles. The van der Waals surface area contributed by atoms with E-state index in [9.17, 15) is 0 Å². The third kappa shape index (κ3) is 1.00. The van der Waals surface area contributed by atoms with Gasteiger partial charge in [0.05, 0.1) is 0 Å². The van der Waals surface area contributed by atoms with Crippen LogP contribution in [0.4, 0.5) is 0 Å². The lowest BCUT2D eigenvalue weighted by atomic mass is 9.77. The van der Waals surface area contributed by atoms with E-state index >= 15 is 0 Å². The van der Waals surface area contributed by atoms with E-state index in [2.05, 4.69) is 38.1 Å². The zero-order valence-electron chi connectivity index (χ0n) is 9.46. The number of hydrogen-bond donors (Lipinski definition) is 1. The van der Waals surface area contributed by atoms with Gasteiger partial charge in [-0.1, -0.05) is 38.1 Å². The van der Waals surface area contributed by atoms with Crippen LogP contribution in [0.15, 0.2) is 24.3 Å². The van der Waals surface area contributed by atoms with Crippen LogP contribution in [-0.4, -0.2) is 0 Å². The lowest BCUT2D eigenvalue weighted by molar-refractivity contribution is 0.269. The van der Waals surface area contributed by atoms with E-state index in [1.165, 1.54) is 30.4 Å². The van der Waals surface area contributed by atoms with Gasteiger partial charge in [0, 0.05) is 4.75 Å². The minimum atomic E-state index is 0.129. The summed E-state index contributed by atoms with van der Waals surface area (Å²) in [4.78, 5) is 0. The van der Waals surface area contributed by atoms with Gasteiger partial charge in [-0.15, -0.1) is 0 Å². The lowest BCUT2D eigenvalue weighted by Gasteiger charge is -2.37. The minimum absolute atomic E-state index is 0.129. The Balaban J connectivity index is 2.23. The number of rotatable bonds is 0. The van der Waals surface area contributed by atoms with Crippen LogP contribution in [0, 0.1) is 11.3 Å². The predicted molar refractivity (Wildman–Crippen MR) is 67.3 cm³/mol. The zero-order chi connectivity index (χ0) is 10.7. The monoisotopic (exact) mass is 218 g/mol. The van der Waals surface area contributed by atoms with E-state index in [0.717, 1.165) is 0 Å². The minimum Gasteiger partial charge on any atom is -0.167 e. The summed E-state index contributed by atoms with van der Waals surface area (Å²) in [6.45, 7) is 4.78. The highest BCUT2D eigenvalue weighted by Gasteiger charge is 2.58. The molecule has 0 saturated heterocycles. The third-order valence-electron chi connectivity index (χ3n) is 4.77. The van der Waals surface area contributed by atoms with Gasteiger partial charge in [0.25, 0.3) is 0 Å². The lowest BCUT2D eigenvalue weighted by Crippen LogP contribution is -2.34. The second-order valence-electron chi connectivity index (χ2n) is 5.60. The Morgan fingerprint density at radius 2 is 2.07 bits per heavy atom. The molecular formula is C14H18S. The number of fused-ring (bicyclic) bond motifs is 3. The van der Waals surface area contributed by atoms with Gasteiger partial charge in [0.2, 0.25) is 0 Å². The Bertz CT molecular complexity index is 412. The van der Waals surface area contributed by atoms with Crippen LogP contribution < -0.4 is 0 Å². The van der Waals surface area contributed by atoms with Crippen molar-refractivity contribution in [3.63, 3.8) is 0 Å². The fraction of sp³-hybridized carbons (Fsp3) is 0.571. The molecule has 15 heavy (non-hydrogen) atoms. The highest BCUT2D eigenvalue weighted by Crippen LogP contribution is 2.65. The molecule has 0 aromatic heterocycles. The van der Waals surface area contributed by atoms with E-state index in [1.54, 1.807) is 0 Å². The largest absolute Gasteiger partial charge is 0.167 e. The normalized spacial score (nSPS) is 42.7. The third-order valence-corrected chi connectivity index (χ3v) is 5.99. The van der Waals surface area contributed by atoms with Crippen molar-refractivity contribution >= 4 is 12.6 Å². The Hall–Kier alpha value is -0.430. The molecule has 0 N–H and O–H groups in total. The molecular weight excluding hydrogens is 200 g/mol. The summed E-state index contributed by atoms with van der Waals surface area (Å²) in [7, 11) is 0. The van der Waals surface area contributed by atoms with Crippen molar-refractivity contribution in [1.29, 1.82) is 0 Å². The summed E-state index contributed by atoms with van der Waals surface area (Å²) in [5.74, 6) is 0.703. The van der Waals surface area contributed by atoms with Crippen LogP contribution in [0.5, 0.6) is 0 Å². The van der Waals surface area contributed by atoms with Crippen LogP contribution in [0.2, 0.25) is 0 Å². The molecule has 1 saturated carbocycles. The molecule has 80 valence electrons. The summed E-state index contributed by atoms with van der Waals surface area (Å²) in [5, 5.41) is 0. The maximum atomic E-state index is 5.10.